The summed E-state index contributed by atoms with van der Waals surface area (Å²) in [7, 11) is 0. The van der Waals surface area contributed by atoms with Gasteiger partial charge in [0.15, 0.2) is 0 Å². The molecule has 0 spiro atoms. The molecule has 2 heterocycles. The highest BCUT2D eigenvalue weighted by Gasteiger charge is 2.34. The highest BCUT2D eigenvalue weighted by molar-refractivity contribution is 5.84. The van der Waals surface area contributed by atoms with Crippen LogP contribution in [0.2, 0.25) is 0 Å². The second kappa shape index (κ2) is 5.07. The number of carbonyl (C=O) groups excluding carboxylic acids is 1. The van der Waals surface area contributed by atoms with Gasteiger partial charge in [0.2, 0.25) is 0 Å². The van der Waals surface area contributed by atoms with Gasteiger partial charge in [-0.1, -0.05) is 6.42 Å². The Hall–Kier alpha value is -0.410. The van der Waals surface area contributed by atoms with Crippen LogP contribution in [0.4, 0.5) is 0 Å². The largest absolute Gasteiger partial charge is 0.299 e. The van der Waals surface area contributed by atoms with Crippen molar-refractivity contribution in [1.29, 1.82) is 0 Å². The molecule has 2 aliphatic heterocycles. The molecule has 1 saturated carbocycles. The molecule has 3 rings (SSSR count). The zero-order valence-corrected chi connectivity index (χ0v) is 10.7. The van der Waals surface area contributed by atoms with Crippen molar-refractivity contribution >= 4 is 5.78 Å². The topological polar surface area (TPSA) is 23.6 Å². The van der Waals surface area contributed by atoms with E-state index in [1.54, 1.807) is 0 Å². The van der Waals surface area contributed by atoms with Gasteiger partial charge in [0.25, 0.3) is 0 Å². The van der Waals surface area contributed by atoms with Crippen molar-refractivity contribution in [2.75, 3.05) is 26.2 Å². The highest BCUT2D eigenvalue weighted by Crippen LogP contribution is 2.26. The normalized spacial score (nSPS) is 36.8. The summed E-state index contributed by atoms with van der Waals surface area (Å²) in [6.45, 7) is 4.83. The Kier molecular flexibility index (Phi) is 3.48. The summed E-state index contributed by atoms with van der Waals surface area (Å²) < 4.78 is 0. The fourth-order valence-electron chi connectivity index (χ4n) is 3.87. The maximum Gasteiger partial charge on any atom is 0.149 e. The van der Waals surface area contributed by atoms with E-state index in [1.807, 2.05) is 0 Å². The lowest BCUT2D eigenvalue weighted by atomic mass is 9.92. The molecule has 0 aromatic carbocycles. The molecule has 2 atom stereocenters. The number of carbonyl (C=O) groups is 1. The van der Waals surface area contributed by atoms with E-state index in [0.29, 0.717) is 5.78 Å². The van der Waals surface area contributed by atoms with Gasteiger partial charge in [0.1, 0.15) is 5.78 Å². The van der Waals surface area contributed by atoms with Crippen LogP contribution in [0.5, 0.6) is 0 Å². The second-order valence-corrected chi connectivity index (χ2v) is 5.91. The van der Waals surface area contributed by atoms with Crippen LogP contribution in [0, 0.1) is 0 Å². The van der Waals surface area contributed by atoms with E-state index < -0.39 is 0 Å². The van der Waals surface area contributed by atoms with Crippen molar-refractivity contribution in [2.24, 2.45) is 0 Å². The van der Waals surface area contributed by atoms with Crippen molar-refractivity contribution in [2.45, 2.75) is 57.0 Å². The molecule has 3 aliphatic rings. The van der Waals surface area contributed by atoms with Gasteiger partial charge >= 0.3 is 0 Å². The molecule has 0 N–H and O–H groups in total. The Morgan fingerprint density at radius 2 is 1.71 bits per heavy atom. The molecule has 0 aromatic heterocycles. The van der Waals surface area contributed by atoms with E-state index in [4.69, 9.17) is 0 Å². The Labute approximate surface area is 104 Å². The Morgan fingerprint density at radius 1 is 0.882 bits per heavy atom. The molecule has 96 valence electrons. The fraction of sp³-hybridized carbons (Fsp3) is 0.929. The number of fused-ring (bicyclic) bond motifs is 1. The molecule has 3 heteroatoms. The molecular formula is C14H24N2O. The minimum Gasteiger partial charge on any atom is -0.299 e. The average molecular weight is 236 g/mol. The zero-order chi connectivity index (χ0) is 11.7. The molecule has 17 heavy (non-hydrogen) atoms. The standard InChI is InChI=1S/C14H24N2O/c17-14-7-2-1-6-13(14)16-10-4-9-15-8-3-5-12(15)11-16/h12-13H,1-11H2. The molecule has 3 nitrogen and oxygen atoms in total. The van der Waals surface area contributed by atoms with E-state index in [9.17, 15) is 4.79 Å². The first-order valence-corrected chi connectivity index (χ1v) is 7.35. The molecule has 0 aromatic rings. The summed E-state index contributed by atoms with van der Waals surface area (Å²) >= 11 is 0. The highest BCUT2D eigenvalue weighted by atomic mass is 16.1. The SMILES string of the molecule is O=C1CCCCC1N1CCCN2CCCC2C1. The lowest BCUT2D eigenvalue weighted by Crippen LogP contribution is -2.46. The lowest BCUT2D eigenvalue weighted by Gasteiger charge is -2.34. The summed E-state index contributed by atoms with van der Waals surface area (Å²) in [5.41, 5.74) is 0. The van der Waals surface area contributed by atoms with Gasteiger partial charge in [-0.25, -0.2) is 0 Å². The smallest absolute Gasteiger partial charge is 0.149 e. The number of Topliss-reactive ketones (excluding diaryl/α,β-unsaturated/α-hetero) is 1. The Morgan fingerprint density at radius 3 is 2.59 bits per heavy atom. The molecule has 0 amide bonds. The van der Waals surface area contributed by atoms with Crippen LogP contribution in [-0.4, -0.2) is 53.8 Å². The summed E-state index contributed by atoms with van der Waals surface area (Å²) in [5, 5.41) is 0. The predicted molar refractivity (Wildman–Crippen MR) is 68.0 cm³/mol. The van der Waals surface area contributed by atoms with Crippen LogP contribution in [-0.2, 0) is 4.79 Å². The lowest BCUT2D eigenvalue weighted by molar-refractivity contribution is -0.126. The van der Waals surface area contributed by atoms with Gasteiger partial charge < -0.3 is 0 Å². The Bertz CT molecular complexity index is 292. The maximum absolute atomic E-state index is 12.0. The van der Waals surface area contributed by atoms with Crippen molar-refractivity contribution < 1.29 is 4.79 Å². The van der Waals surface area contributed by atoms with Gasteiger partial charge in [0.05, 0.1) is 6.04 Å². The molecule has 1 aliphatic carbocycles. The van der Waals surface area contributed by atoms with Crippen LogP contribution in [0.3, 0.4) is 0 Å². The first kappa shape index (κ1) is 11.7. The van der Waals surface area contributed by atoms with E-state index >= 15 is 0 Å². The summed E-state index contributed by atoms with van der Waals surface area (Å²) in [4.78, 5) is 17.2. The first-order valence-electron chi connectivity index (χ1n) is 7.35. The summed E-state index contributed by atoms with van der Waals surface area (Å²) in [6, 6.07) is 1.01. The quantitative estimate of drug-likeness (QED) is 0.692. The third-order valence-electron chi connectivity index (χ3n) is 4.80. The predicted octanol–water partition coefficient (Wildman–Crippen LogP) is 1.67. The molecule has 2 unspecified atom stereocenters. The third-order valence-corrected chi connectivity index (χ3v) is 4.80. The fourth-order valence-corrected chi connectivity index (χ4v) is 3.87. The molecule has 3 fully saturated rings. The average Bonchev–Trinajstić information content (AvgIpc) is 2.68. The number of nitrogens with zero attached hydrogens (tertiary/aromatic N) is 2. The van der Waals surface area contributed by atoms with Gasteiger partial charge in [-0.05, 0) is 45.2 Å². The van der Waals surface area contributed by atoms with E-state index in [0.717, 1.165) is 38.4 Å². The monoisotopic (exact) mass is 236 g/mol. The van der Waals surface area contributed by atoms with Crippen LogP contribution in [0.1, 0.15) is 44.9 Å². The number of hydrogen-bond acceptors (Lipinski definition) is 3. The van der Waals surface area contributed by atoms with Gasteiger partial charge in [-0.3, -0.25) is 14.6 Å². The summed E-state index contributed by atoms with van der Waals surface area (Å²) in [6.07, 6.45) is 8.27. The van der Waals surface area contributed by atoms with Crippen molar-refractivity contribution in [3.05, 3.63) is 0 Å². The molecule has 0 bridgehead atoms. The van der Waals surface area contributed by atoms with Crippen LogP contribution >= 0.6 is 0 Å². The zero-order valence-electron chi connectivity index (χ0n) is 10.7. The summed E-state index contributed by atoms with van der Waals surface area (Å²) in [5.74, 6) is 0.516. The van der Waals surface area contributed by atoms with Crippen LogP contribution < -0.4 is 0 Å². The number of ketones is 1. The molecule has 2 saturated heterocycles. The van der Waals surface area contributed by atoms with Crippen molar-refractivity contribution in [1.82, 2.24) is 9.80 Å². The van der Waals surface area contributed by atoms with Crippen LogP contribution in [0.25, 0.3) is 0 Å². The van der Waals surface area contributed by atoms with E-state index in [-0.39, 0.29) is 6.04 Å². The Balaban J connectivity index is 1.67. The molecule has 0 radical (unpaired) electrons. The van der Waals surface area contributed by atoms with Crippen molar-refractivity contribution in [3.8, 4) is 0 Å². The van der Waals surface area contributed by atoms with Gasteiger partial charge in [0, 0.05) is 25.6 Å². The minimum atomic E-state index is 0.268. The van der Waals surface area contributed by atoms with Gasteiger partial charge in [-0.15, -0.1) is 0 Å². The second-order valence-electron chi connectivity index (χ2n) is 5.91. The van der Waals surface area contributed by atoms with Crippen LogP contribution in [0.15, 0.2) is 0 Å². The first-order chi connectivity index (χ1) is 8.34. The number of hydrogen-bond donors (Lipinski definition) is 0. The van der Waals surface area contributed by atoms with Crippen molar-refractivity contribution in [3.63, 3.8) is 0 Å². The number of rotatable bonds is 1. The minimum absolute atomic E-state index is 0.268. The maximum atomic E-state index is 12.0. The van der Waals surface area contributed by atoms with E-state index in [1.165, 1.54) is 38.8 Å². The molecular weight excluding hydrogens is 212 g/mol. The van der Waals surface area contributed by atoms with E-state index in [2.05, 4.69) is 9.80 Å². The third kappa shape index (κ3) is 2.41. The van der Waals surface area contributed by atoms with Gasteiger partial charge in [-0.2, -0.15) is 0 Å².